The highest BCUT2D eigenvalue weighted by molar-refractivity contribution is 6.16. The molecule has 0 aliphatic rings. The maximum Gasteiger partial charge on any atom is 0.219 e. The van der Waals surface area contributed by atoms with Gasteiger partial charge in [-0.3, -0.25) is 4.79 Å². The van der Waals surface area contributed by atoms with Crippen molar-refractivity contribution in [2.45, 2.75) is 18.8 Å². The van der Waals surface area contributed by atoms with Crippen molar-refractivity contribution < 1.29 is 9.18 Å². The number of aryl methyl sites for hydroxylation is 1. The maximum atomic E-state index is 13.0. The normalized spacial score (nSPS) is 10.9. The summed E-state index contributed by atoms with van der Waals surface area (Å²) in [6.07, 6.45) is 0.201. The number of carbonyl (C=O) groups is 1. The molecular weight excluding hydrogens is 245 g/mol. The Hall–Kier alpha value is -1.62. The molecule has 0 radical (unpaired) electrons. The fourth-order valence-electron chi connectivity index (χ4n) is 1.73. The number of fused-ring (bicyclic) bond motifs is 1. The summed E-state index contributed by atoms with van der Waals surface area (Å²) in [7, 11) is 0. The molecule has 6 heteroatoms. The molecule has 0 saturated carbocycles. The van der Waals surface area contributed by atoms with Crippen molar-refractivity contribution in [1.29, 1.82) is 0 Å². The molecular formula is C11H11ClFN3O. The Morgan fingerprint density at radius 1 is 1.53 bits per heavy atom. The molecule has 0 bridgehead atoms. The lowest BCUT2D eigenvalue weighted by Gasteiger charge is -2.05. The summed E-state index contributed by atoms with van der Waals surface area (Å²) >= 11 is 5.77. The average Bonchev–Trinajstić information content (AvgIpc) is 2.63. The van der Waals surface area contributed by atoms with E-state index in [1.807, 2.05) is 0 Å². The van der Waals surface area contributed by atoms with E-state index in [0.717, 1.165) is 5.52 Å². The standard InChI is InChI=1S/C11H11ClFN3O/c12-6-11-15-8-5-7(13)1-2-9(8)16(11)4-3-10(14)17/h1-2,5H,3-4,6H2,(H2,14,17). The molecule has 0 aliphatic carbocycles. The van der Waals surface area contributed by atoms with Gasteiger partial charge in [-0.25, -0.2) is 9.37 Å². The van der Waals surface area contributed by atoms with Gasteiger partial charge >= 0.3 is 0 Å². The van der Waals surface area contributed by atoms with Crippen LogP contribution in [-0.4, -0.2) is 15.5 Å². The van der Waals surface area contributed by atoms with E-state index in [-0.39, 0.29) is 18.1 Å². The van der Waals surface area contributed by atoms with Crippen LogP contribution in [0, 0.1) is 5.82 Å². The van der Waals surface area contributed by atoms with Gasteiger partial charge in [0.25, 0.3) is 0 Å². The fraction of sp³-hybridized carbons (Fsp3) is 0.273. The highest BCUT2D eigenvalue weighted by atomic mass is 35.5. The molecule has 1 aromatic heterocycles. The number of alkyl halides is 1. The first kappa shape index (κ1) is 11.9. The molecule has 0 aliphatic heterocycles. The summed E-state index contributed by atoms with van der Waals surface area (Å²) in [5.74, 6) is 0.0656. The Bertz CT molecular complexity index is 567. The number of aromatic nitrogens is 2. The van der Waals surface area contributed by atoms with Gasteiger partial charge in [-0.05, 0) is 12.1 Å². The summed E-state index contributed by atoms with van der Waals surface area (Å²) in [5.41, 5.74) is 6.39. The molecule has 0 unspecified atom stereocenters. The van der Waals surface area contributed by atoms with E-state index in [9.17, 15) is 9.18 Å². The van der Waals surface area contributed by atoms with Crippen molar-refractivity contribution in [2.24, 2.45) is 5.73 Å². The van der Waals surface area contributed by atoms with Gasteiger partial charge in [0, 0.05) is 19.0 Å². The number of halogens is 2. The molecule has 17 heavy (non-hydrogen) atoms. The smallest absolute Gasteiger partial charge is 0.219 e. The Balaban J connectivity index is 2.47. The first-order valence-electron chi connectivity index (χ1n) is 5.10. The lowest BCUT2D eigenvalue weighted by molar-refractivity contribution is -0.118. The van der Waals surface area contributed by atoms with Crippen LogP contribution in [0.3, 0.4) is 0 Å². The van der Waals surface area contributed by atoms with E-state index in [1.54, 1.807) is 10.6 Å². The molecule has 2 aromatic rings. The molecule has 2 N–H and O–H groups in total. The Morgan fingerprint density at radius 3 is 2.94 bits per heavy atom. The van der Waals surface area contributed by atoms with Gasteiger partial charge < -0.3 is 10.3 Å². The lowest BCUT2D eigenvalue weighted by atomic mass is 10.3. The Morgan fingerprint density at radius 2 is 2.29 bits per heavy atom. The van der Waals surface area contributed by atoms with E-state index in [4.69, 9.17) is 17.3 Å². The highest BCUT2D eigenvalue weighted by Crippen LogP contribution is 2.19. The summed E-state index contributed by atoms with van der Waals surface area (Å²) in [5, 5.41) is 0. The largest absolute Gasteiger partial charge is 0.370 e. The van der Waals surface area contributed by atoms with Crippen LogP contribution < -0.4 is 5.73 Å². The zero-order valence-corrected chi connectivity index (χ0v) is 9.75. The molecule has 4 nitrogen and oxygen atoms in total. The summed E-state index contributed by atoms with van der Waals surface area (Å²) in [6, 6.07) is 4.31. The first-order chi connectivity index (χ1) is 8.11. The van der Waals surface area contributed by atoms with Crippen molar-refractivity contribution >= 4 is 28.5 Å². The van der Waals surface area contributed by atoms with Crippen LogP contribution in [0.15, 0.2) is 18.2 Å². The third-order valence-corrected chi connectivity index (χ3v) is 2.73. The van der Waals surface area contributed by atoms with Crippen LogP contribution in [0.4, 0.5) is 4.39 Å². The van der Waals surface area contributed by atoms with Gasteiger partial charge in [-0.2, -0.15) is 0 Å². The molecule has 0 atom stereocenters. The van der Waals surface area contributed by atoms with E-state index >= 15 is 0 Å². The van der Waals surface area contributed by atoms with Gasteiger partial charge in [0.05, 0.1) is 16.9 Å². The number of primary amides is 1. The predicted molar refractivity (Wildman–Crippen MR) is 63.1 cm³/mol. The van der Waals surface area contributed by atoms with Crippen molar-refractivity contribution in [2.75, 3.05) is 0 Å². The summed E-state index contributed by atoms with van der Waals surface area (Å²) < 4.78 is 14.8. The minimum absolute atomic E-state index is 0.201. The molecule has 0 saturated heterocycles. The number of rotatable bonds is 4. The molecule has 1 aromatic carbocycles. The van der Waals surface area contributed by atoms with Crippen LogP contribution in [-0.2, 0) is 17.2 Å². The lowest BCUT2D eigenvalue weighted by Crippen LogP contribution is -2.14. The predicted octanol–water partition coefficient (Wildman–Crippen LogP) is 1.79. The second-order valence-electron chi connectivity index (χ2n) is 3.66. The number of hydrogen-bond donors (Lipinski definition) is 1. The van der Waals surface area contributed by atoms with Gasteiger partial charge in [-0.15, -0.1) is 11.6 Å². The maximum absolute atomic E-state index is 13.0. The van der Waals surface area contributed by atoms with Crippen molar-refractivity contribution in [3.05, 3.63) is 29.8 Å². The van der Waals surface area contributed by atoms with Gasteiger partial charge in [0.1, 0.15) is 11.6 Å². The zero-order valence-electron chi connectivity index (χ0n) is 8.99. The Kier molecular flexibility index (Phi) is 3.28. The second kappa shape index (κ2) is 4.71. The third-order valence-electron chi connectivity index (χ3n) is 2.49. The zero-order chi connectivity index (χ0) is 12.4. The number of hydrogen-bond acceptors (Lipinski definition) is 2. The van der Waals surface area contributed by atoms with E-state index in [0.29, 0.717) is 17.9 Å². The quantitative estimate of drug-likeness (QED) is 0.847. The molecule has 0 fully saturated rings. The minimum Gasteiger partial charge on any atom is -0.370 e. The number of carbonyl (C=O) groups excluding carboxylic acids is 1. The van der Waals surface area contributed by atoms with Crippen LogP contribution in [0.1, 0.15) is 12.2 Å². The molecule has 90 valence electrons. The van der Waals surface area contributed by atoms with Crippen molar-refractivity contribution in [3.8, 4) is 0 Å². The average molecular weight is 256 g/mol. The molecule has 1 amide bonds. The molecule has 1 heterocycles. The molecule has 2 rings (SSSR count). The van der Waals surface area contributed by atoms with Crippen LogP contribution in [0.2, 0.25) is 0 Å². The topological polar surface area (TPSA) is 60.9 Å². The fourth-order valence-corrected chi connectivity index (χ4v) is 1.93. The number of nitrogens with two attached hydrogens (primary N) is 1. The first-order valence-corrected chi connectivity index (χ1v) is 5.64. The third kappa shape index (κ3) is 2.39. The highest BCUT2D eigenvalue weighted by Gasteiger charge is 2.11. The van der Waals surface area contributed by atoms with Crippen LogP contribution in [0.5, 0.6) is 0 Å². The minimum atomic E-state index is -0.394. The summed E-state index contributed by atoms with van der Waals surface area (Å²) in [4.78, 5) is 15.0. The van der Waals surface area contributed by atoms with Crippen LogP contribution >= 0.6 is 11.6 Å². The monoisotopic (exact) mass is 255 g/mol. The Labute approximate surface area is 102 Å². The van der Waals surface area contributed by atoms with Crippen LogP contribution in [0.25, 0.3) is 11.0 Å². The van der Waals surface area contributed by atoms with E-state index in [1.165, 1.54) is 12.1 Å². The number of imidazole rings is 1. The van der Waals surface area contributed by atoms with Gasteiger partial charge in [-0.1, -0.05) is 0 Å². The molecule has 0 spiro atoms. The van der Waals surface area contributed by atoms with Gasteiger partial charge in [0.15, 0.2) is 0 Å². The van der Waals surface area contributed by atoms with Crippen molar-refractivity contribution in [3.63, 3.8) is 0 Å². The SMILES string of the molecule is NC(=O)CCn1c(CCl)nc2cc(F)ccc21. The second-order valence-corrected chi connectivity index (χ2v) is 3.93. The number of amides is 1. The van der Waals surface area contributed by atoms with E-state index < -0.39 is 5.91 Å². The van der Waals surface area contributed by atoms with E-state index in [2.05, 4.69) is 4.98 Å². The summed E-state index contributed by atoms with van der Waals surface area (Å²) in [6.45, 7) is 0.402. The van der Waals surface area contributed by atoms with Gasteiger partial charge in [0.2, 0.25) is 5.91 Å². The number of nitrogens with zero attached hydrogens (tertiary/aromatic N) is 2. The van der Waals surface area contributed by atoms with Crippen molar-refractivity contribution in [1.82, 2.24) is 9.55 Å². The number of benzene rings is 1.